The molecule has 2 heterocycles. The molecule has 18 heavy (non-hydrogen) atoms. The number of nitrogens with two attached hydrogens (primary N) is 1. The van der Waals surface area contributed by atoms with Gasteiger partial charge in [0.15, 0.2) is 0 Å². The summed E-state index contributed by atoms with van der Waals surface area (Å²) in [5.74, 6) is 1.33. The molecule has 0 unspecified atom stereocenters. The van der Waals surface area contributed by atoms with Crippen molar-refractivity contribution in [2.24, 2.45) is 0 Å². The Hall–Kier alpha value is -1.68. The smallest absolute Gasteiger partial charge is 0.142 e. The maximum absolute atomic E-state index is 6.27. The summed E-state index contributed by atoms with van der Waals surface area (Å²) in [6, 6.07) is 3.93. The van der Waals surface area contributed by atoms with E-state index in [9.17, 15) is 0 Å². The van der Waals surface area contributed by atoms with Gasteiger partial charge in [0.1, 0.15) is 17.2 Å². The molecule has 0 atom stereocenters. The number of anilines is 1. The van der Waals surface area contributed by atoms with E-state index >= 15 is 0 Å². The summed E-state index contributed by atoms with van der Waals surface area (Å²) in [7, 11) is 0. The fourth-order valence-electron chi connectivity index (χ4n) is 2.35. The predicted octanol–water partition coefficient (Wildman–Crippen LogP) is 3.03. The van der Waals surface area contributed by atoms with Crippen LogP contribution in [0.15, 0.2) is 18.3 Å². The Balaban J connectivity index is 2.12. The molecular formula is C13H14ClN3O. The molecule has 0 aliphatic carbocycles. The molecule has 94 valence electrons. The molecule has 3 N–H and O–H groups in total. The van der Waals surface area contributed by atoms with Gasteiger partial charge in [-0.25, -0.2) is 0 Å². The number of halogens is 1. The van der Waals surface area contributed by atoms with Crippen molar-refractivity contribution in [3.63, 3.8) is 0 Å². The molecular weight excluding hydrogens is 250 g/mol. The number of aromatic nitrogens is 2. The van der Waals surface area contributed by atoms with E-state index in [1.807, 2.05) is 6.07 Å². The van der Waals surface area contributed by atoms with Gasteiger partial charge >= 0.3 is 0 Å². The van der Waals surface area contributed by atoms with E-state index in [-0.39, 0.29) is 5.60 Å². The van der Waals surface area contributed by atoms with Crippen LogP contribution in [0.2, 0.25) is 5.02 Å². The third kappa shape index (κ3) is 1.73. The molecule has 0 radical (unpaired) electrons. The molecule has 4 nitrogen and oxygen atoms in total. The zero-order chi connectivity index (χ0) is 12.9. The van der Waals surface area contributed by atoms with E-state index in [1.165, 1.54) is 0 Å². The van der Waals surface area contributed by atoms with E-state index in [0.717, 1.165) is 28.9 Å². The van der Waals surface area contributed by atoms with Gasteiger partial charge < -0.3 is 10.5 Å². The number of H-pyrrole nitrogens is 1. The standard InChI is InChI=1S/C13H14ClN3O/c1-13(2)5-8-3-7(4-10(14)11(8)18-13)9-6-16-17-12(9)15/h3-4,6H,5H2,1-2H3,(H3,15,16,17). The van der Waals surface area contributed by atoms with E-state index in [4.69, 9.17) is 22.1 Å². The average molecular weight is 264 g/mol. The number of hydrogen-bond acceptors (Lipinski definition) is 3. The summed E-state index contributed by atoms with van der Waals surface area (Å²) < 4.78 is 5.84. The summed E-state index contributed by atoms with van der Waals surface area (Å²) in [6.45, 7) is 4.10. The lowest BCUT2D eigenvalue weighted by Crippen LogP contribution is -2.24. The van der Waals surface area contributed by atoms with E-state index in [1.54, 1.807) is 6.20 Å². The normalized spacial score (nSPS) is 16.4. The second-order valence-corrected chi connectivity index (χ2v) is 5.59. The van der Waals surface area contributed by atoms with Crippen molar-refractivity contribution in [1.29, 1.82) is 0 Å². The number of nitrogen functional groups attached to an aromatic ring is 1. The van der Waals surface area contributed by atoms with Crippen molar-refractivity contribution in [3.8, 4) is 16.9 Å². The minimum absolute atomic E-state index is 0.202. The minimum atomic E-state index is -0.202. The first kappa shape index (κ1) is 11.4. The Labute approximate surface area is 110 Å². The van der Waals surface area contributed by atoms with Crippen molar-refractivity contribution in [2.75, 3.05) is 5.73 Å². The minimum Gasteiger partial charge on any atom is -0.486 e. The first-order valence-corrected chi connectivity index (χ1v) is 6.15. The van der Waals surface area contributed by atoms with E-state index in [2.05, 4.69) is 30.1 Å². The molecule has 0 amide bonds. The fourth-order valence-corrected chi connectivity index (χ4v) is 2.63. The predicted molar refractivity (Wildman–Crippen MR) is 71.9 cm³/mol. The maximum Gasteiger partial charge on any atom is 0.142 e. The topological polar surface area (TPSA) is 63.9 Å². The van der Waals surface area contributed by atoms with Crippen LogP contribution in [0.25, 0.3) is 11.1 Å². The molecule has 1 aliphatic heterocycles. The van der Waals surface area contributed by atoms with Crippen LogP contribution in [-0.2, 0) is 6.42 Å². The van der Waals surface area contributed by atoms with Gasteiger partial charge in [0.2, 0.25) is 0 Å². The summed E-state index contributed by atoms with van der Waals surface area (Å²) in [5.41, 5.74) is 8.57. The van der Waals surface area contributed by atoms with Crippen molar-refractivity contribution < 1.29 is 4.74 Å². The van der Waals surface area contributed by atoms with Gasteiger partial charge in [0, 0.05) is 17.5 Å². The van der Waals surface area contributed by atoms with Crippen LogP contribution in [0.1, 0.15) is 19.4 Å². The van der Waals surface area contributed by atoms with Gasteiger partial charge in [-0.05, 0) is 31.5 Å². The van der Waals surface area contributed by atoms with Crippen LogP contribution in [-0.4, -0.2) is 15.8 Å². The van der Waals surface area contributed by atoms with Gasteiger partial charge in [-0.3, -0.25) is 5.10 Å². The quantitative estimate of drug-likeness (QED) is 0.831. The van der Waals surface area contributed by atoms with Crippen molar-refractivity contribution in [3.05, 3.63) is 28.9 Å². The molecule has 0 saturated heterocycles. The highest BCUT2D eigenvalue weighted by molar-refractivity contribution is 6.32. The molecule has 3 rings (SSSR count). The highest BCUT2D eigenvalue weighted by atomic mass is 35.5. The van der Waals surface area contributed by atoms with Crippen LogP contribution in [0.4, 0.5) is 5.82 Å². The second kappa shape index (κ2) is 3.65. The summed E-state index contributed by atoms with van der Waals surface area (Å²) in [5, 5.41) is 7.27. The van der Waals surface area contributed by atoms with Crippen molar-refractivity contribution >= 4 is 17.4 Å². The summed E-state index contributed by atoms with van der Waals surface area (Å²) in [4.78, 5) is 0. The van der Waals surface area contributed by atoms with Crippen LogP contribution >= 0.6 is 11.6 Å². The van der Waals surface area contributed by atoms with Gasteiger partial charge in [-0.2, -0.15) is 5.10 Å². The van der Waals surface area contributed by atoms with Gasteiger partial charge in [0.25, 0.3) is 0 Å². The SMILES string of the molecule is CC1(C)Cc2cc(-c3cn[nH]c3N)cc(Cl)c2O1. The maximum atomic E-state index is 6.27. The summed E-state index contributed by atoms with van der Waals surface area (Å²) >= 11 is 6.27. The van der Waals surface area contributed by atoms with E-state index in [0.29, 0.717) is 10.8 Å². The molecule has 0 fully saturated rings. The van der Waals surface area contributed by atoms with Crippen molar-refractivity contribution in [2.45, 2.75) is 25.9 Å². The number of benzene rings is 1. The third-order valence-electron chi connectivity index (χ3n) is 3.09. The molecule has 1 aromatic carbocycles. The number of fused-ring (bicyclic) bond motifs is 1. The van der Waals surface area contributed by atoms with Gasteiger partial charge in [-0.1, -0.05) is 11.6 Å². The molecule has 1 aliphatic rings. The number of nitrogens with zero attached hydrogens (tertiary/aromatic N) is 1. The van der Waals surface area contributed by atoms with Crippen LogP contribution in [0.5, 0.6) is 5.75 Å². The van der Waals surface area contributed by atoms with E-state index < -0.39 is 0 Å². The molecule has 0 bridgehead atoms. The zero-order valence-electron chi connectivity index (χ0n) is 10.2. The molecule has 2 aromatic rings. The van der Waals surface area contributed by atoms with Crippen molar-refractivity contribution in [1.82, 2.24) is 10.2 Å². The first-order chi connectivity index (χ1) is 8.46. The Bertz CT molecular complexity index is 619. The highest BCUT2D eigenvalue weighted by Gasteiger charge is 2.32. The van der Waals surface area contributed by atoms with Crippen LogP contribution in [0.3, 0.4) is 0 Å². The number of nitrogens with one attached hydrogen (secondary N) is 1. The molecule has 1 aromatic heterocycles. The Morgan fingerprint density at radius 2 is 2.22 bits per heavy atom. The summed E-state index contributed by atoms with van der Waals surface area (Å²) in [6.07, 6.45) is 2.54. The second-order valence-electron chi connectivity index (χ2n) is 5.18. The Morgan fingerprint density at radius 3 is 2.89 bits per heavy atom. The molecule has 0 saturated carbocycles. The van der Waals surface area contributed by atoms with Crippen LogP contribution in [0, 0.1) is 0 Å². The highest BCUT2D eigenvalue weighted by Crippen LogP contribution is 2.43. The third-order valence-corrected chi connectivity index (χ3v) is 3.38. The van der Waals surface area contributed by atoms with Gasteiger partial charge in [-0.15, -0.1) is 0 Å². The average Bonchev–Trinajstić information content (AvgIpc) is 2.80. The Kier molecular flexibility index (Phi) is 2.32. The van der Waals surface area contributed by atoms with Crippen LogP contribution < -0.4 is 10.5 Å². The van der Waals surface area contributed by atoms with Gasteiger partial charge in [0.05, 0.1) is 11.2 Å². The first-order valence-electron chi connectivity index (χ1n) is 5.77. The zero-order valence-corrected chi connectivity index (χ0v) is 11.0. The number of hydrogen-bond donors (Lipinski definition) is 2. The molecule has 5 heteroatoms. The fraction of sp³-hybridized carbons (Fsp3) is 0.308. The lowest BCUT2D eigenvalue weighted by Gasteiger charge is -2.17. The Morgan fingerprint density at radius 1 is 1.44 bits per heavy atom. The number of rotatable bonds is 1. The lowest BCUT2D eigenvalue weighted by molar-refractivity contribution is 0.138. The number of ether oxygens (including phenoxy) is 1. The molecule has 0 spiro atoms. The number of aromatic amines is 1. The lowest BCUT2D eigenvalue weighted by atomic mass is 9.98. The monoisotopic (exact) mass is 263 g/mol. The largest absolute Gasteiger partial charge is 0.486 e.